The highest BCUT2D eigenvalue weighted by molar-refractivity contribution is 6.13. The smallest absolute Gasteiger partial charge is 0.0651 e. The highest BCUT2D eigenvalue weighted by Crippen LogP contribution is 2.40. The third-order valence-electron chi connectivity index (χ3n) is 8.33. The number of nitrogens with zero attached hydrogens (tertiary/aromatic N) is 1. The van der Waals surface area contributed by atoms with Gasteiger partial charge >= 0.3 is 0 Å². The summed E-state index contributed by atoms with van der Waals surface area (Å²) < 4.78 is 155. The first-order valence-electron chi connectivity index (χ1n) is 24.0. The number of anilines is 3. The van der Waals surface area contributed by atoms with Gasteiger partial charge in [0.1, 0.15) is 0 Å². The highest BCUT2D eigenvalue weighted by Gasteiger charge is 2.15. The van der Waals surface area contributed by atoms with E-state index in [0.29, 0.717) is 16.3 Å². The van der Waals surface area contributed by atoms with Gasteiger partial charge in [-0.2, -0.15) is 0 Å². The maximum atomic E-state index is 9.73. The molecule has 0 bridgehead atoms. The third-order valence-corrected chi connectivity index (χ3v) is 8.33. The van der Waals surface area contributed by atoms with Crippen LogP contribution in [0.3, 0.4) is 0 Å². The molecule has 0 spiro atoms. The topological polar surface area (TPSA) is 3.24 Å². The van der Waals surface area contributed by atoms with E-state index in [4.69, 9.17) is 9.60 Å². The molecule has 0 fully saturated rings. The number of hydrogen-bond donors (Lipinski definition) is 0. The summed E-state index contributed by atoms with van der Waals surface area (Å²) in [4.78, 5) is 0.724. The molecule has 0 saturated heterocycles. The van der Waals surface area contributed by atoms with Gasteiger partial charge in [-0.25, -0.2) is 0 Å². The fourth-order valence-electron chi connectivity index (χ4n) is 6.00. The second kappa shape index (κ2) is 12.3. The molecule has 0 amide bonds. The largest absolute Gasteiger partial charge is 0.310 e. The molecule has 0 aliphatic carbocycles. The summed E-state index contributed by atoms with van der Waals surface area (Å²) in [6.07, 6.45) is 0. The number of fused-ring (bicyclic) bond motifs is 4. The van der Waals surface area contributed by atoms with Crippen LogP contribution in [0.4, 0.5) is 17.1 Å². The van der Waals surface area contributed by atoms with Crippen molar-refractivity contribution in [1.29, 1.82) is 0 Å². The van der Waals surface area contributed by atoms with Crippen LogP contribution in [0.2, 0.25) is 0 Å². The van der Waals surface area contributed by atoms with E-state index in [1.165, 1.54) is 0 Å². The molecule has 9 rings (SSSR count). The van der Waals surface area contributed by atoms with Crippen molar-refractivity contribution in [2.24, 2.45) is 0 Å². The summed E-state index contributed by atoms with van der Waals surface area (Å²) in [5, 5.41) is 4.52. The number of benzene rings is 9. The van der Waals surface area contributed by atoms with Crippen LogP contribution < -0.4 is 4.90 Å². The van der Waals surface area contributed by atoms with Crippen molar-refractivity contribution in [3.8, 4) is 33.4 Å². The van der Waals surface area contributed by atoms with E-state index in [1.54, 1.807) is 48.5 Å². The summed E-state index contributed by atoms with van der Waals surface area (Å²) in [6.45, 7) is 0. The Morgan fingerprint density at radius 2 is 0.939 bits per heavy atom. The van der Waals surface area contributed by atoms with Gasteiger partial charge in [-0.05, 0) is 114 Å². The van der Waals surface area contributed by atoms with E-state index in [9.17, 15) is 13.7 Å². The van der Waals surface area contributed by atoms with E-state index in [1.807, 2.05) is 48.5 Å². The lowest BCUT2D eigenvalue weighted by molar-refractivity contribution is 1.28. The lowest BCUT2D eigenvalue weighted by atomic mass is 9.93. The van der Waals surface area contributed by atoms with Crippen molar-refractivity contribution in [3.05, 3.63) is 200 Å². The SMILES string of the molecule is [2H]c1c([2H])c([2H])c(-c2c([2H])c([2H])c(N(c3c([2H])c([2H])c(-c4cc5ccccc5c5ccccc45)c([2H])c3[2H])c3c([2H])c([2H])c([2H])c(-c4ccc5ccccc5c4)c3[2H])c([2H])c2[2H])c([2H])c1[2H]. The summed E-state index contributed by atoms with van der Waals surface area (Å²) >= 11 is 0. The van der Waals surface area contributed by atoms with Crippen molar-refractivity contribution in [1.82, 2.24) is 0 Å². The Balaban J connectivity index is 1.41. The van der Waals surface area contributed by atoms with Crippen LogP contribution >= 0.6 is 0 Å². The summed E-state index contributed by atoms with van der Waals surface area (Å²) in [5.41, 5.74) is -3.20. The normalized spacial score (nSPS) is 16.1. The van der Waals surface area contributed by atoms with E-state index in [0.717, 1.165) is 26.4 Å². The quantitative estimate of drug-likeness (QED) is 0.163. The van der Waals surface area contributed by atoms with Crippen molar-refractivity contribution >= 4 is 49.4 Å². The summed E-state index contributed by atoms with van der Waals surface area (Å²) in [5.74, 6) is 0. The van der Waals surface area contributed by atoms with Gasteiger partial charge < -0.3 is 4.90 Å². The molecule has 230 valence electrons. The molecule has 0 saturated carbocycles. The van der Waals surface area contributed by atoms with Gasteiger partial charge in [0.15, 0.2) is 0 Å². The molecule has 0 aliphatic heterocycles. The van der Waals surface area contributed by atoms with E-state index >= 15 is 0 Å². The molecule has 49 heavy (non-hydrogen) atoms. The Morgan fingerprint density at radius 1 is 0.347 bits per heavy atom. The van der Waals surface area contributed by atoms with Crippen molar-refractivity contribution in [2.45, 2.75) is 0 Å². The molecule has 0 N–H and O–H groups in total. The zero-order valence-electron chi connectivity index (χ0n) is 42.7. The van der Waals surface area contributed by atoms with E-state index < -0.39 is 131 Å². The lowest BCUT2D eigenvalue weighted by Gasteiger charge is -2.26. The lowest BCUT2D eigenvalue weighted by Crippen LogP contribution is -2.10. The Hall–Kier alpha value is -6.44. The molecule has 0 aromatic heterocycles. The van der Waals surface area contributed by atoms with Crippen LogP contribution in [0.25, 0.3) is 65.7 Å². The predicted octanol–water partition coefficient (Wildman–Crippen LogP) is 13.6. The molecule has 0 aliphatic rings. The third kappa shape index (κ3) is 5.42. The average molecular weight is 641 g/mol. The first kappa shape index (κ1) is 16.1. The molecule has 9 aromatic carbocycles. The Labute approximate surface area is 310 Å². The van der Waals surface area contributed by atoms with Gasteiger partial charge in [0, 0.05) is 17.1 Å². The molecule has 0 atom stereocenters. The Morgan fingerprint density at radius 3 is 1.69 bits per heavy atom. The zero-order valence-corrected chi connectivity index (χ0v) is 25.7. The monoisotopic (exact) mass is 640 g/mol. The maximum Gasteiger partial charge on any atom is 0.0651 e. The minimum Gasteiger partial charge on any atom is -0.310 e. The van der Waals surface area contributed by atoms with Crippen LogP contribution in [-0.4, -0.2) is 0 Å². The molecular formula is C48H33N. The number of rotatable bonds is 6. The second-order valence-corrected chi connectivity index (χ2v) is 11.3. The molecule has 0 unspecified atom stereocenters. The average Bonchev–Trinajstić information content (AvgIpc) is 3.32. The molecule has 1 heteroatoms. The van der Waals surface area contributed by atoms with Crippen LogP contribution in [0, 0.1) is 0 Å². The van der Waals surface area contributed by atoms with Crippen LogP contribution in [0.15, 0.2) is 200 Å². The molecule has 9 aromatic rings. The van der Waals surface area contributed by atoms with Gasteiger partial charge in [-0.15, -0.1) is 0 Å². The zero-order chi connectivity index (χ0) is 47.4. The van der Waals surface area contributed by atoms with Crippen LogP contribution in [0.1, 0.15) is 23.3 Å². The van der Waals surface area contributed by atoms with E-state index in [-0.39, 0.29) is 16.7 Å². The number of hydrogen-bond acceptors (Lipinski definition) is 1. The second-order valence-electron chi connectivity index (χ2n) is 11.3. The van der Waals surface area contributed by atoms with Crippen LogP contribution in [-0.2, 0) is 0 Å². The first-order valence-corrected chi connectivity index (χ1v) is 15.5. The summed E-state index contributed by atoms with van der Waals surface area (Å²) in [7, 11) is 0. The van der Waals surface area contributed by atoms with Crippen molar-refractivity contribution in [3.63, 3.8) is 0 Å². The fourth-order valence-corrected chi connectivity index (χ4v) is 6.00. The van der Waals surface area contributed by atoms with Crippen molar-refractivity contribution < 1.29 is 23.3 Å². The van der Waals surface area contributed by atoms with E-state index in [2.05, 4.69) is 0 Å². The van der Waals surface area contributed by atoms with Crippen molar-refractivity contribution in [2.75, 3.05) is 4.90 Å². The molecule has 0 radical (unpaired) electrons. The molecular weight excluding hydrogens is 591 g/mol. The standard InChI is InChI=1S/C48H33N/c1-2-11-34(12-3-1)36-23-27-42(28-24-36)49(44-17-10-16-39(32-44)40-22-21-35-13-4-5-14-38(35)31-40)43-29-25-37(26-30-43)48-33-41-15-6-7-18-45(41)46-19-8-9-20-47(46)48/h1-33H/i1D,2D,3D,10D,11D,12D,16D,17D,23D,24D,25D,26D,27D,28D,29D,30D,32D. The summed E-state index contributed by atoms with van der Waals surface area (Å²) in [6, 6.07) is 15.5. The van der Waals surface area contributed by atoms with Gasteiger partial charge in [-0.3, -0.25) is 0 Å². The molecule has 1 nitrogen and oxygen atoms in total. The minimum atomic E-state index is -0.966. The van der Waals surface area contributed by atoms with Crippen LogP contribution in [0.5, 0.6) is 0 Å². The predicted molar refractivity (Wildman–Crippen MR) is 210 cm³/mol. The Bertz CT molecular complexity index is 3500. The van der Waals surface area contributed by atoms with Gasteiger partial charge in [-0.1, -0.05) is 151 Å². The highest BCUT2D eigenvalue weighted by atomic mass is 15.1. The molecule has 0 heterocycles. The minimum absolute atomic E-state index is 0.122. The van der Waals surface area contributed by atoms with Gasteiger partial charge in [0.2, 0.25) is 0 Å². The van der Waals surface area contributed by atoms with Gasteiger partial charge in [0.05, 0.1) is 23.3 Å². The fraction of sp³-hybridized carbons (Fsp3) is 0. The van der Waals surface area contributed by atoms with Gasteiger partial charge in [0.25, 0.3) is 0 Å². The maximum absolute atomic E-state index is 9.73. The Kier molecular flexibility index (Phi) is 4.04. The first-order chi connectivity index (χ1) is 31.4.